The largest absolute Gasteiger partial charge is 0.433 e. The van der Waals surface area contributed by atoms with Gasteiger partial charge in [0.15, 0.2) is 5.76 Å². The number of furan rings is 1. The normalized spacial score (nSPS) is 10.5. The Bertz CT molecular complexity index is 675. The molecule has 5 nitrogen and oxygen atoms in total. The van der Waals surface area contributed by atoms with Gasteiger partial charge in [-0.25, -0.2) is 0 Å². The number of nitro groups is 1. The average molecular weight is 280 g/mol. The number of carbonyl (C=O) groups is 1. The van der Waals surface area contributed by atoms with Gasteiger partial charge in [-0.3, -0.25) is 14.9 Å². The molecule has 0 saturated carbocycles. The van der Waals surface area contributed by atoms with Crippen molar-refractivity contribution >= 4 is 23.3 Å². The summed E-state index contributed by atoms with van der Waals surface area (Å²) in [5.41, 5.74) is 1.88. The van der Waals surface area contributed by atoms with Crippen molar-refractivity contribution in [3.63, 3.8) is 0 Å². The zero-order chi connectivity index (χ0) is 14.2. The third-order valence-corrected chi connectivity index (χ3v) is 3.15. The minimum absolute atomic E-state index is 0.0588. The Balaban J connectivity index is 2.43. The first-order valence-electron chi connectivity index (χ1n) is 5.46. The molecule has 98 valence electrons. The Morgan fingerprint density at radius 2 is 1.95 bits per heavy atom. The number of hydrogen-bond donors (Lipinski definition) is 0. The van der Waals surface area contributed by atoms with Crippen LogP contribution in [0.3, 0.4) is 0 Å². The Labute approximate surface area is 113 Å². The Morgan fingerprint density at radius 3 is 2.53 bits per heavy atom. The van der Waals surface area contributed by atoms with Gasteiger partial charge in [0.25, 0.3) is 0 Å². The van der Waals surface area contributed by atoms with Gasteiger partial charge in [-0.1, -0.05) is 11.6 Å². The summed E-state index contributed by atoms with van der Waals surface area (Å²) in [6.07, 6.45) is 0. The molecular formula is C13H10ClNO4. The van der Waals surface area contributed by atoms with Gasteiger partial charge in [-0.05, 0) is 43.2 Å². The highest BCUT2D eigenvalue weighted by molar-refractivity contribution is 6.31. The summed E-state index contributed by atoms with van der Waals surface area (Å²) in [7, 11) is 0. The van der Waals surface area contributed by atoms with Crippen LogP contribution in [0.4, 0.5) is 5.88 Å². The maximum atomic E-state index is 12.2. The van der Waals surface area contributed by atoms with Crippen molar-refractivity contribution in [2.24, 2.45) is 0 Å². The maximum absolute atomic E-state index is 12.2. The van der Waals surface area contributed by atoms with E-state index in [-0.39, 0.29) is 5.76 Å². The van der Waals surface area contributed by atoms with E-state index in [2.05, 4.69) is 0 Å². The molecule has 0 aliphatic rings. The summed E-state index contributed by atoms with van der Waals surface area (Å²) in [4.78, 5) is 22.0. The molecule has 0 aliphatic heterocycles. The lowest BCUT2D eigenvalue weighted by molar-refractivity contribution is -0.402. The predicted octanol–water partition coefficient (Wildman–Crippen LogP) is 3.69. The van der Waals surface area contributed by atoms with Crippen LogP contribution in [0.25, 0.3) is 0 Å². The summed E-state index contributed by atoms with van der Waals surface area (Å²) in [5, 5.41) is 11.1. The van der Waals surface area contributed by atoms with Crippen LogP contribution in [-0.2, 0) is 0 Å². The van der Waals surface area contributed by atoms with Crippen molar-refractivity contribution in [2.75, 3.05) is 0 Å². The second-order valence-electron chi connectivity index (χ2n) is 4.14. The molecule has 1 aromatic heterocycles. The summed E-state index contributed by atoms with van der Waals surface area (Å²) >= 11 is 5.96. The molecule has 0 N–H and O–H groups in total. The van der Waals surface area contributed by atoms with E-state index in [0.29, 0.717) is 16.1 Å². The van der Waals surface area contributed by atoms with Crippen molar-refractivity contribution in [1.82, 2.24) is 0 Å². The van der Waals surface area contributed by atoms with E-state index in [9.17, 15) is 14.9 Å². The van der Waals surface area contributed by atoms with E-state index in [1.807, 2.05) is 0 Å². The van der Waals surface area contributed by atoms with Crippen LogP contribution in [-0.4, -0.2) is 10.7 Å². The van der Waals surface area contributed by atoms with Crippen LogP contribution >= 0.6 is 11.6 Å². The van der Waals surface area contributed by atoms with Crippen LogP contribution in [0, 0.1) is 24.0 Å². The minimum Gasteiger partial charge on any atom is -0.397 e. The highest BCUT2D eigenvalue weighted by atomic mass is 35.5. The predicted molar refractivity (Wildman–Crippen MR) is 69.7 cm³/mol. The van der Waals surface area contributed by atoms with E-state index >= 15 is 0 Å². The second kappa shape index (κ2) is 4.85. The fourth-order valence-electron chi connectivity index (χ4n) is 1.71. The molecule has 0 radical (unpaired) electrons. The Kier molecular flexibility index (Phi) is 3.40. The SMILES string of the molecule is Cc1cc(C(=O)c2ccc([N+](=O)[O-])o2)c(C)cc1Cl. The summed E-state index contributed by atoms with van der Waals surface area (Å²) in [6.45, 7) is 3.53. The van der Waals surface area contributed by atoms with Gasteiger partial charge >= 0.3 is 5.88 Å². The van der Waals surface area contributed by atoms with E-state index in [0.717, 1.165) is 11.6 Å². The molecule has 1 heterocycles. The molecule has 0 saturated heterocycles. The first kappa shape index (κ1) is 13.3. The van der Waals surface area contributed by atoms with Gasteiger partial charge in [-0.15, -0.1) is 0 Å². The molecule has 6 heteroatoms. The lowest BCUT2D eigenvalue weighted by Crippen LogP contribution is -2.03. The van der Waals surface area contributed by atoms with Gasteiger partial charge in [-0.2, -0.15) is 0 Å². The van der Waals surface area contributed by atoms with Crippen molar-refractivity contribution in [3.8, 4) is 0 Å². The molecule has 0 atom stereocenters. The maximum Gasteiger partial charge on any atom is 0.433 e. The molecule has 0 bridgehead atoms. The van der Waals surface area contributed by atoms with Crippen molar-refractivity contribution in [2.45, 2.75) is 13.8 Å². The number of nitrogens with zero attached hydrogens (tertiary/aromatic N) is 1. The highest BCUT2D eigenvalue weighted by Crippen LogP contribution is 2.24. The molecule has 0 fully saturated rings. The van der Waals surface area contributed by atoms with Gasteiger partial charge < -0.3 is 4.42 Å². The van der Waals surface area contributed by atoms with Crippen molar-refractivity contribution in [1.29, 1.82) is 0 Å². The average Bonchev–Trinajstić information content (AvgIpc) is 2.82. The third-order valence-electron chi connectivity index (χ3n) is 2.75. The number of aryl methyl sites for hydroxylation is 2. The third kappa shape index (κ3) is 2.51. The number of rotatable bonds is 3. The summed E-state index contributed by atoms with van der Waals surface area (Å²) < 4.78 is 4.90. The van der Waals surface area contributed by atoms with Crippen LogP contribution in [0.5, 0.6) is 0 Å². The lowest BCUT2D eigenvalue weighted by atomic mass is 10.0. The van der Waals surface area contributed by atoms with Crippen LogP contribution in [0.2, 0.25) is 5.02 Å². The molecule has 0 spiro atoms. The van der Waals surface area contributed by atoms with Crippen LogP contribution in [0.1, 0.15) is 27.2 Å². The van der Waals surface area contributed by atoms with Gasteiger partial charge in [0.05, 0.1) is 6.07 Å². The number of carbonyl (C=O) groups excluding carboxylic acids is 1. The lowest BCUT2D eigenvalue weighted by Gasteiger charge is -2.06. The van der Waals surface area contributed by atoms with Crippen LogP contribution in [0.15, 0.2) is 28.7 Å². The molecule has 1 aromatic carbocycles. The van der Waals surface area contributed by atoms with E-state index in [1.54, 1.807) is 26.0 Å². The quantitative estimate of drug-likeness (QED) is 0.488. The highest BCUT2D eigenvalue weighted by Gasteiger charge is 2.20. The number of hydrogen-bond acceptors (Lipinski definition) is 4. The molecule has 0 amide bonds. The smallest absolute Gasteiger partial charge is 0.397 e. The Hall–Kier alpha value is -2.14. The molecule has 0 aliphatic carbocycles. The van der Waals surface area contributed by atoms with E-state index in [4.69, 9.17) is 16.0 Å². The Morgan fingerprint density at radius 1 is 1.26 bits per heavy atom. The molecule has 2 rings (SSSR count). The molecule has 2 aromatic rings. The zero-order valence-corrected chi connectivity index (χ0v) is 11.0. The zero-order valence-electron chi connectivity index (χ0n) is 10.3. The van der Waals surface area contributed by atoms with Gasteiger partial charge in [0.1, 0.15) is 4.92 Å². The monoisotopic (exact) mass is 279 g/mol. The van der Waals surface area contributed by atoms with E-state index in [1.165, 1.54) is 6.07 Å². The molecular weight excluding hydrogens is 270 g/mol. The minimum atomic E-state index is -0.684. The van der Waals surface area contributed by atoms with Crippen LogP contribution < -0.4 is 0 Å². The first-order chi connectivity index (χ1) is 8.90. The molecule has 19 heavy (non-hydrogen) atoms. The standard InChI is InChI=1S/C13H10ClNO4/c1-7-6-10(14)8(2)5-9(7)13(16)11-3-4-12(19-11)15(17)18/h3-6H,1-2H3. The fourth-order valence-corrected chi connectivity index (χ4v) is 1.92. The summed E-state index contributed by atoms with van der Waals surface area (Å²) in [5.74, 6) is -0.909. The van der Waals surface area contributed by atoms with Crippen molar-refractivity contribution < 1.29 is 14.1 Å². The first-order valence-corrected chi connectivity index (χ1v) is 5.83. The number of benzene rings is 1. The van der Waals surface area contributed by atoms with E-state index < -0.39 is 16.6 Å². The second-order valence-corrected chi connectivity index (χ2v) is 4.55. The van der Waals surface area contributed by atoms with Crippen molar-refractivity contribution in [3.05, 3.63) is 61.9 Å². The van der Waals surface area contributed by atoms with Gasteiger partial charge in [0, 0.05) is 10.6 Å². The number of halogens is 1. The molecule has 0 unspecified atom stereocenters. The topological polar surface area (TPSA) is 73.3 Å². The van der Waals surface area contributed by atoms with Gasteiger partial charge in [0.2, 0.25) is 5.78 Å². The fraction of sp³-hybridized carbons (Fsp3) is 0.154. The summed E-state index contributed by atoms with van der Waals surface area (Å²) in [6, 6.07) is 5.78. The number of ketones is 1.